The van der Waals surface area contributed by atoms with E-state index in [9.17, 15) is 14.4 Å². The number of carbonyl (C=O) groups is 3. The van der Waals surface area contributed by atoms with Crippen molar-refractivity contribution in [1.82, 2.24) is 0 Å². The van der Waals surface area contributed by atoms with Crippen LogP contribution in [0.3, 0.4) is 0 Å². The molecule has 0 saturated carbocycles. The number of esters is 3. The third kappa shape index (κ3) is 58.3. The molecule has 0 aromatic heterocycles. The Morgan fingerprint density at radius 2 is 0.542 bits per heavy atom. The van der Waals surface area contributed by atoms with E-state index in [2.05, 4.69) is 69.4 Å². The largest absolute Gasteiger partial charge is 0.462 e. The van der Waals surface area contributed by atoms with Crippen molar-refractivity contribution in [3.05, 3.63) is 48.6 Å². The lowest BCUT2D eigenvalue weighted by atomic mass is 10.0. The van der Waals surface area contributed by atoms with E-state index in [1.807, 2.05) is 0 Å². The quantitative estimate of drug-likeness (QED) is 0.0261. The summed E-state index contributed by atoms with van der Waals surface area (Å²) in [5, 5.41) is 0. The molecule has 0 N–H and O–H groups in total. The van der Waals surface area contributed by atoms with Gasteiger partial charge >= 0.3 is 17.9 Å². The van der Waals surface area contributed by atoms with E-state index in [0.29, 0.717) is 19.3 Å². The molecule has 0 radical (unpaired) electrons. The predicted molar refractivity (Wildman–Crippen MR) is 312 cm³/mol. The normalized spacial score (nSPS) is 12.3. The van der Waals surface area contributed by atoms with Crippen molar-refractivity contribution in [3.8, 4) is 0 Å². The van der Waals surface area contributed by atoms with E-state index in [0.717, 1.165) is 83.5 Å². The molecule has 0 aliphatic heterocycles. The molecule has 1 atom stereocenters. The van der Waals surface area contributed by atoms with Crippen LogP contribution in [0.25, 0.3) is 0 Å². The first-order valence-corrected chi connectivity index (χ1v) is 31.6. The van der Waals surface area contributed by atoms with Gasteiger partial charge in [-0.25, -0.2) is 0 Å². The minimum atomic E-state index is -0.770. The SMILES string of the molecule is CC/C=C\C/C=C\C/C=C\C/C=C\CCCCCCCCCCCCC(=O)OCC(COC(=O)CCCCCCCCCCC)OC(=O)CCCCCCCCCCCCCCCCCCCCCCCC. The van der Waals surface area contributed by atoms with Gasteiger partial charge in [-0.05, 0) is 57.8 Å². The van der Waals surface area contributed by atoms with Gasteiger partial charge in [0.25, 0.3) is 0 Å². The van der Waals surface area contributed by atoms with Crippen molar-refractivity contribution in [2.24, 2.45) is 0 Å². The summed E-state index contributed by atoms with van der Waals surface area (Å²) in [4.78, 5) is 38.2. The van der Waals surface area contributed by atoms with Gasteiger partial charge in [0, 0.05) is 19.3 Å². The lowest BCUT2D eigenvalue weighted by molar-refractivity contribution is -0.167. The second-order valence-corrected chi connectivity index (χ2v) is 21.3. The van der Waals surface area contributed by atoms with Crippen molar-refractivity contribution in [1.29, 1.82) is 0 Å². The molecule has 0 aromatic carbocycles. The van der Waals surface area contributed by atoms with Gasteiger partial charge < -0.3 is 14.2 Å². The van der Waals surface area contributed by atoms with Crippen LogP contribution < -0.4 is 0 Å². The Labute approximate surface area is 448 Å². The minimum absolute atomic E-state index is 0.0695. The zero-order valence-electron chi connectivity index (χ0n) is 48.2. The average Bonchev–Trinajstić information content (AvgIpc) is 3.38. The summed E-state index contributed by atoms with van der Waals surface area (Å²) in [6.07, 6.45) is 75.6. The molecule has 0 amide bonds. The molecule has 0 fully saturated rings. The molecule has 0 rings (SSSR count). The first-order chi connectivity index (χ1) is 35.5. The summed E-state index contributed by atoms with van der Waals surface area (Å²) in [7, 11) is 0. The Hall–Kier alpha value is -2.63. The summed E-state index contributed by atoms with van der Waals surface area (Å²) in [6.45, 7) is 6.56. The summed E-state index contributed by atoms with van der Waals surface area (Å²) in [5.41, 5.74) is 0. The maximum Gasteiger partial charge on any atom is 0.306 e. The summed E-state index contributed by atoms with van der Waals surface area (Å²) >= 11 is 0. The van der Waals surface area contributed by atoms with E-state index in [-0.39, 0.29) is 31.1 Å². The molecule has 420 valence electrons. The van der Waals surface area contributed by atoms with E-state index in [1.165, 1.54) is 212 Å². The van der Waals surface area contributed by atoms with Gasteiger partial charge in [-0.1, -0.05) is 307 Å². The molecule has 0 aliphatic carbocycles. The Bertz CT molecular complexity index is 1250. The second-order valence-electron chi connectivity index (χ2n) is 21.3. The Morgan fingerprint density at radius 1 is 0.292 bits per heavy atom. The predicted octanol–water partition coefficient (Wildman–Crippen LogP) is 21.4. The second kappa shape index (κ2) is 60.9. The van der Waals surface area contributed by atoms with Gasteiger partial charge in [-0.15, -0.1) is 0 Å². The molecule has 0 bridgehead atoms. The fraction of sp³-hybridized carbons (Fsp3) is 0.833. The first kappa shape index (κ1) is 69.4. The standard InChI is InChI=1S/C66H120O6/c1-4-7-10-13-16-19-21-23-25-27-29-31-33-35-36-38-40-42-44-47-50-53-56-59-65(68)71-62-63(61-70-64(67)58-55-52-49-46-18-15-12-9-6-3)72-66(69)60-57-54-51-48-45-43-41-39-37-34-32-30-28-26-24-22-20-17-14-11-8-5-2/h7,10,16,19,23,25,29,31,63H,4-6,8-9,11-15,17-18,20-22,24,26-28,30,32-62H2,1-3H3/b10-7-,19-16-,25-23-,31-29-. The van der Waals surface area contributed by atoms with Crippen LogP contribution in [0.2, 0.25) is 0 Å². The van der Waals surface area contributed by atoms with E-state index >= 15 is 0 Å². The third-order valence-electron chi connectivity index (χ3n) is 14.1. The maximum absolute atomic E-state index is 12.9. The van der Waals surface area contributed by atoms with Crippen LogP contribution in [0.5, 0.6) is 0 Å². The zero-order valence-corrected chi connectivity index (χ0v) is 48.2. The molecule has 0 saturated heterocycles. The number of ether oxygens (including phenoxy) is 3. The van der Waals surface area contributed by atoms with E-state index in [4.69, 9.17) is 14.2 Å². The highest BCUT2D eigenvalue weighted by molar-refractivity contribution is 5.71. The molecule has 6 heteroatoms. The fourth-order valence-corrected chi connectivity index (χ4v) is 9.38. The van der Waals surface area contributed by atoms with Crippen molar-refractivity contribution in [2.45, 2.75) is 341 Å². The van der Waals surface area contributed by atoms with Gasteiger partial charge in [-0.2, -0.15) is 0 Å². The van der Waals surface area contributed by atoms with Crippen molar-refractivity contribution in [2.75, 3.05) is 13.2 Å². The molecule has 6 nitrogen and oxygen atoms in total. The number of hydrogen-bond donors (Lipinski definition) is 0. The number of rotatable bonds is 58. The van der Waals surface area contributed by atoms with Crippen LogP contribution in [-0.2, 0) is 28.6 Å². The number of carbonyl (C=O) groups excluding carboxylic acids is 3. The van der Waals surface area contributed by atoms with Crippen LogP contribution in [0.15, 0.2) is 48.6 Å². The van der Waals surface area contributed by atoms with Gasteiger partial charge in [0.15, 0.2) is 6.10 Å². The number of allylic oxidation sites excluding steroid dienone is 8. The summed E-state index contributed by atoms with van der Waals surface area (Å²) in [5.74, 6) is -0.856. The molecule has 0 heterocycles. The fourth-order valence-electron chi connectivity index (χ4n) is 9.38. The molecule has 1 unspecified atom stereocenters. The summed E-state index contributed by atoms with van der Waals surface area (Å²) < 4.78 is 16.9. The van der Waals surface area contributed by atoms with Crippen LogP contribution >= 0.6 is 0 Å². The highest BCUT2D eigenvalue weighted by atomic mass is 16.6. The first-order valence-electron chi connectivity index (χ1n) is 31.6. The van der Waals surface area contributed by atoms with Gasteiger partial charge in [0.1, 0.15) is 13.2 Å². The molecular weight excluding hydrogens is 889 g/mol. The Morgan fingerprint density at radius 3 is 0.847 bits per heavy atom. The van der Waals surface area contributed by atoms with Crippen LogP contribution in [0.1, 0.15) is 335 Å². The van der Waals surface area contributed by atoms with Gasteiger partial charge in [0.2, 0.25) is 0 Å². The number of unbranched alkanes of at least 4 members (excludes halogenated alkanes) is 39. The lowest BCUT2D eigenvalue weighted by Crippen LogP contribution is -2.30. The third-order valence-corrected chi connectivity index (χ3v) is 14.1. The average molecular weight is 1010 g/mol. The maximum atomic E-state index is 12.9. The molecular formula is C66H120O6. The highest BCUT2D eigenvalue weighted by Crippen LogP contribution is 2.18. The van der Waals surface area contributed by atoms with Crippen molar-refractivity contribution >= 4 is 17.9 Å². The summed E-state index contributed by atoms with van der Waals surface area (Å²) in [6, 6.07) is 0. The monoisotopic (exact) mass is 1010 g/mol. The van der Waals surface area contributed by atoms with Gasteiger partial charge in [0.05, 0.1) is 0 Å². The highest BCUT2D eigenvalue weighted by Gasteiger charge is 2.19. The van der Waals surface area contributed by atoms with Crippen LogP contribution in [0, 0.1) is 0 Å². The molecule has 0 spiro atoms. The topological polar surface area (TPSA) is 78.9 Å². The van der Waals surface area contributed by atoms with Crippen LogP contribution in [0.4, 0.5) is 0 Å². The van der Waals surface area contributed by atoms with E-state index in [1.54, 1.807) is 0 Å². The number of hydrogen-bond acceptors (Lipinski definition) is 6. The zero-order chi connectivity index (χ0) is 52.2. The molecule has 72 heavy (non-hydrogen) atoms. The molecule has 0 aliphatic rings. The lowest BCUT2D eigenvalue weighted by Gasteiger charge is -2.18. The van der Waals surface area contributed by atoms with Crippen molar-refractivity contribution < 1.29 is 28.6 Å². The Kier molecular flexibility index (Phi) is 58.7. The van der Waals surface area contributed by atoms with E-state index < -0.39 is 6.10 Å². The van der Waals surface area contributed by atoms with Gasteiger partial charge in [-0.3, -0.25) is 14.4 Å². The minimum Gasteiger partial charge on any atom is -0.462 e. The molecule has 0 aromatic rings. The van der Waals surface area contributed by atoms with Crippen LogP contribution in [-0.4, -0.2) is 37.2 Å². The Balaban J connectivity index is 4.19. The van der Waals surface area contributed by atoms with Crippen molar-refractivity contribution in [3.63, 3.8) is 0 Å². The smallest absolute Gasteiger partial charge is 0.306 e.